The Balaban J connectivity index is 1.22. The number of pyridine rings is 1. The molecule has 2 bridgehead atoms. The summed E-state index contributed by atoms with van der Waals surface area (Å²) in [4.78, 5) is 23.5. The van der Waals surface area contributed by atoms with Gasteiger partial charge < -0.3 is 10.1 Å². The molecule has 1 N–H and O–H groups in total. The summed E-state index contributed by atoms with van der Waals surface area (Å²) in [6.07, 6.45) is 7.60. The molecule has 0 radical (unpaired) electrons. The molecular formula is C45H42FN7O2. The van der Waals surface area contributed by atoms with Crippen LogP contribution in [0.4, 0.5) is 10.2 Å². The van der Waals surface area contributed by atoms with Crippen molar-refractivity contribution in [1.82, 2.24) is 29.4 Å². The lowest BCUT2D eigenvalue weighted by Gasteiger charge is -2.47. The van der Waals surface area contributed by atoms with Crippen LogP contribution in [0.3, 0.4) is 0 Å². The van der Waals surface area contributed by atoms with E-state index in [1.54, 1.807) is 0 Å². The van der Waals surface area contributed by atoms with Crippen LogP contribution in [0.1, 0.15) is 73.8 Å². The number of hydrogen-bond acceptors (Lipinski definition) is 7. The highest BCUT2D eigenvalue weighted by atomic mass is 19.1. The largest absolute Gasteiger partial charge is 0.466 e. The summed E-state index contributed by atoms with van der Waals surface area (Å²) in [5.74, 6) is 1.08. The number of nitrogens with zero attached hydrogens (tertiary/aromatic N) is 6. The molecule has 276 valence electrons. The number of esters is 1. The zero-order valence-corrected chi connectivity index (χ0v) is 30.7. The maximum atomic E-state index is 15.4. The molecule has 7 aromatic rings. The highest BCUT2D eigenvalue weighted by Gasteiger charge is 2.48. The molecule has 3 aromatic carbocycles. The highest BCUT2D eigenvalue weighted by molar-refractivity contribution is 5.90. The Bertz CT molecular complexity index is 2410. The Morgan fingerprint density at radius 3 is 2.04 bits per heavy atom. The van der Waals surface area contributed by atoms with Crippen LogP contribution >= 0.6 is 0 Å². The monoisotopic (exact) mass is 731 g/mol. The Morgan fingerprint density at radius 1 is 0.818 bits per heavy atom. The lowest BCUT2D eigenvalue weighted by Crippen LogP contribution is -2.52. The molecule has 9 nitrogen and oxygen atoms in total. The van der Waals surface area contributed by atoms with E-state index in [9.17, 15) is 4.79 Å². The third-order valence-corrected chi connectivity index (χ3v) is 12.2. The van der Waals surface area contributed by atoms with Crippen LogP contribution < -0.4 is 5.32 Å². The van der Waals surface area contributed by atoms with E-state index in [0.717, 1.165) is 66.4 Å². The summed E-state index contributed by atoms with van der Waals surface area (Å²) in [6.45, 7) is 2.21. The van der Waals surface area contributed by atoms with Gasteiger partial charge in [0, 0.05) is 17.7 Å². The van der Waals surface area contributed by atoms with Crippen LogP contribution in [0, 0.1) is 23.6 Å². The lowest BCUT2D eigenvalue weighted by atomic mass is 9.61. The van der Waals surface area contributed by atoms with Crippen molar-refractivity contribution in [3.8, 4) is 11.5 Å². The van der Waals surface area contributed by atoms with E-state index in [1.165, 1.54) is 12.3 Å². The quantitative estimate of drug-likeness (QED) is 0.111. The van der Waals surface area contributed by atoms with Gasteiger partial charge in [-0.15, -0.1) is 5.10 Å². The van der Waals surface area contributed by atoms with Gasteiger partial charge in [0.1, 0.15) is 22.6 Å². The van der Waals surface area contributed by atoms with Gasteiger partial charge in [0.05, 0.1) is 24.1 Å². The Kier molecular flexibility index (Phi) is 8.22. The molecule has 11 rings (SSSR count). The molecule has 10 heteroatoms. The molecule has 0 amide bonds. The van der Waals surface area contributed by atoms with E-state index in [2.05, 4.69) is 53.8 Å². The van der Waals surface area contributed by atoms with Crippen LogP contribution in [0.15, 0.2) is 115 Å². The minimum Gasteiger partial charge on any atom is -0.466 e. The van der Waals surface area contributed by atoms with E-state index >= 15 is 4.39 Å². The summed E-state index contributed by atoms with van der Waals surface area (Å²) in [5.41, 5.74) is 4.75. The number of ether oxygens (including phenoxy) is 1. The summed E-state index contributed by atoms with van der Waals surface area (Å²) < 4.78 is 25.0. The molecule has 0 saturated heterocycles. The Hall–Kier alpha value is -5.90. The number of halogens is 1. The van der Waals surface area contributed by atoms with Gasteiger partial charge in [-0.25, -0.2) is 23.6 Å². The number of hydrogen-bond donors (Lipinski definition) is 1. The first-order valence-electron chi connectivity index (χ1n) is 19.6. The standard InChI is InChI=1S/C45H42FN7O2/c1-2-55-44(54)38-29-20-22-30(23-21-29)39(38)48-41-37-25-24-36(28-18-19-28)52(37)51-42(49-41)40-35-26-34(46)27-47-43(35)53(50-40)45(31-12-6-3-7-13-31,32-14-8-4-9-15-32)33-16-10-5-11-17-33/h3-17,24-30,38-39H,2,18-23H2,1H3,(H,48,49,51)/t29?,30?,38-,39-/m1/s1. The Morgan fingerprint density at radius 2 is 1.44 bits per heavy atom. The predicted molar refractivity (Wildman–Crippen MR) is 209 cm³/mol. The fourth-order valence-electron chi connectivity index (χ4n) is 9.58. The smallest absolute Gasteiger partial charge is 0.311 e. The molecule has 4 saturated carbocycles. The predicted octanol–water partition coefficient (Wildman–Crippen LogP) is 8.78. The van der Waals surface area contributed by atoms with Gasteiger partial charge in [-0.1, -0.05) is 91.0 Å². The second-order valence-electron chi connectivity index (χ2n) is 15.3. The van der Waals surface area contributed by atoms with Crippen LogP contribution in [0.5, 0.6) is 0 Å². The third-order valence-electron chi connectivity index (χ3n) is 12.2. The molecule has 2 atom stereocenters. The van der Waals surface area contributed by atoms with E-state index in [0.29, 0.717) is 46.8 Å². The van der Waals surface area contributed by atoms with E-state index < -0.39 is 11.4 Å². The Labute approximate surface area is 318 Å². The van der Waals surface area contributed by atoms with E-state index in [1.807, 2.05) is 70.7 Å². The van der Waals surface area contributed by atoms with Crippen LogP contribution in [-0.4, -0.2) is 48.0 Å². The molecule has 0 aliphatic heterocycles. The SMILES string of the molecule is CCOC(=O)[C@@H]1C2CCC(CC2)[C@H]1Nc1nc(-c2nn(C(c3ccccc3)(c3ccccc3)c3ccccc3)c3ncc(F)cc23)nn2c(C3CC3)ccc12. The molecule has 4 heterocycles. The topological polar surface area (TPSA) is 99.2 Å². The van der Waals surface area contributed by atoms with Crippen molar-refractivity contribution >= 4 is 28.3 Å². The van der Waals surface area contributed by atoms with E-state index in [-0.39, 0.29) is 23.8 Å². The van der Waals surface area contributed by atoms with Crippen molar-refractivity contribution in [3.63, 3.8) is 0 Å². The minimum absolute atomic E-state index is 0.132. The summed E-state index contributed by atoms with van der Waals surface area (Å²) in [5, 5.41) is 14.9. The molecule has 55 heavy (non-hydrogen) atoms. The fourth-order valence-corrected chi connectivity index (χ4v) is 9.58. The van der Waals surface area contributed by atoms with Crippen molar-refractivity contribution in [2.45, 2.75) is 62.9 Å². The molecule has 0 unspecified atom stereocenters. The average Bonchev–Trinajstić information content (AvgIpc) is 3.88. The third kappa shape index (κ3) is 5.52. The summed E-state index contributed by atoms with van der Waals surface area (Å²) >= 11 is 0. The number of carbonyl (C=O) groups is 1. The lowest BCUT2D eigenvalue weighted by molar-refractivity contribution is -0.154. The zero-order chi connectivity index (χ0) is 37.1. The molecule has 4 aromatic heterocycles. The first-order chi connectivity index (χ1) is 27.0. The second-order valence-corrected chi connectivity index (χ2v) is 15.3. The molecular weight excluding hydrogens is 690 g/mol. The van der Waals surface area contributed by atoms with Gasteiger partial charge in [0.2, 0.25) is 5.82 Å². The molecule has 4 aliphatic carbocycles. The molecule has 4 aliphatic rings. The maximum absolute atomic E-state index is 15.4. The van der Waals surface area contributed by atoms with Crippen LogP contribution in [-0.2, 0) is 15.1 Å². The van der Waals surface area contributed by atoms with Crippen molar-refractivity contribution in [1.29, 1.82) is 0 Å². The number of fused-ring (bicyclic) bond motifs is 5. The van der Waals surface area contributed by atoms with Crippen LogP contribution in [0.25, 0.3) is 28.1 Å². The van der Waals surface area contributed by atoms with Crippen molar-refractivity contribution in [2.24, 2.45) is 17.8 Å². The van der Waals surface area contributed by atoms with Gasteiger partial charge in [-0.05, 0) is 92.2 Å². The number of anilines is 1. The fraction of sp³-hybridized carbons (Fsp3) is 0.311. The number of nitrogens with one attached hydrogen (secondary N) is 1. The van der Waals surface area contributed by atoms with Gasteiger partial charge in [-0.3, -0.25) is 4.79 Å². The number of aromatic nitrogens is 6. The second kappa shape index (κ2) is 13.4. The van der Waals surface area contributed by atoms with Crippen molar-refractivity contribution in [2.75, 3.05) is 11.9 Å². The van der Waals surface area contributed by atoms with Gasteiger partial charge in [0.15, 0.2) is 11.5 Å². The minimum atomic E-state index is -1.00. The normalized spacial score (nSPS) is 20.9. The summed E-state index contributed by atoms with van der Waals surface area (Å²) in [6, 6.07) is 36.3. The zero-order valence-electron chi connectivity index (χ0n) is 30.7. The maximum Gasteiger partial charge on any atom is 0.311 e. The molecule has 4 fully saturated rings. The van der Waals surface area contributed by atoms with Crippen molar-refractivity contribution < 1.29 is 13.9 Å². The first-order valence-corrected chi connectivity index (χ1v) is 19.6. The van der Waals surface area contributed by atoms with Gasteiger partial charge in [-0.2, -0.15) is 5.10 Å². The van der Waals surface area contributed by atoms with E-state index in [4.69, 9.17) is 24.9 Å². The summed E-state index contributed by atoms with van der Waals surface area (Å²) in [7, 11) is 0. The number of benzene rings is 3. The average molecular weight is 732 g/mol. The van der Waals surface area contributed by atoms with Crippen LogP contribution in [0.2, 0.25) is 0 Å². The molecule has 0 spiro atoms. The highest BCUT2D eigenvalue weighted by Crippen LogP contribution is 2.48. The van der Waals surface area contributed by atoms with Gasteiger partial charge >= 0.3 is 5.97 Å². The number of carbonyl (C=O) groups excluding carboxylic acids is 1. The van der Waals surface area contributed by atoms with Gasteiger partial charge in [0.25, 0.3) is 0 Å². The first kappa shape index (κ1) is 33.7. The number of rotatable bonds is 10. The van der Waals surface area contributed by atoms with Crippen molar-refractivity contribution in [3.05, 3.63) is 144 Å².